The summed E-state index contributed by atoms with van der Waals surface area (Å²) in [5.74, 6) is 0.937. The van der Waals surface area contributed by atoms with E-state index in [1.807, 2.05) is 31.5 Å². The van der Waals surface area contributed by atoms with Crippen molar-refractivity contribution < 1.29 is 4.79 Å². The van der Waals surface area contributed by atoms with Crippen molar-refractivity contribution in [2.45, 2.75) is 13.3 Å². The number of aryl methyl sites for hydroxylation is 1. The third-order valence-electron chi connectivity index (χ3n) is 3.04. The maximum atomic E-state index is 12.1. The summed E-state index contributed by atoms with van der Waals surface area (Å²) >= 11 is 1.67. The normalized spacial score (nSPS) is 10.6. The first-order valence-corrected chi connectivity index (χ1v) is 7.75. The van der Waals surface area contributed by atoms with Gasteiger partial charge >= 0.3 is 0 Å². The van der Waals surface area contributed by atoms with E-state index in [1.165, 1.54) is 0 Å². The highest BCUT2D eigenvalue weighted by atomic mass is 32.2. The summed E-state index contributed by atoms with van der Waals surface area (Å²) in [7, 11) is 1.79. The van der Waals surface area contributed by atoms with Crippen molar-refractivity contribution in [3.8, 4) is 5.69 Å². The molecule has 0 aliphatic carbocycles. The van der Waals surface area contributed by atoms with Crippen molar-refractivity contribution >= 4 is 23.4 Å². The first kappa shape index (κ1) is 14.6. The highest BCUT2D eigenvalue weighted by Crippen LogP contribution is 2.20. The van der Waals surface area contributed by atoms with Gasteiger partial charge in [-0.25, -0.2) is 4.68 Å². The second-order valence-electron chi connectivity index (χ2n) is 4.45. The monoisotopic (exact) mass is 290 g/mol. The number of amides is 1. The molecule has 2 heterocycles. The van der Waals surface area contributed by atoms with E-state index in [0.29, 0.717) is 6.42 Å². The first-order chi connectivity index (χ1) is 9.63. The summed E-state index contributed by atoms with van der Waals surface area (Å²) in [5.41, 5.74) is 2.54. The molecule has 5 nitrogen and oxygen atoms in total. The van der Waals surface area contributed by atoms with Gasteiger partial charge in [0, 0.05) is 25.4 Å². The van der Waals surface area contributed by atoms with Crippen LogP contribution in [0.15, 0.2) is 30.7 Å². The van der Waals surface area contributed by atoms with E-state index in [4.69, 9.17) is 0 Å². The van der Waals surface area contributed by atoms with Gasteiger partial charge in [-0.2, -0.15) is 16.9 Å². The number of aromatic nitrogens is 3. The van der Waals surface area contributed by atoms with Crippen LogP contribution in [0.3, 0.4) is 0 Å². The van der Waals surface area contributed by atoms with Gasteiger partial charge in [0.2, 0.25) is 5.91 Å². The maximum absolute atomic E-state index is 12.1. The number of pyridine rings is 1. The van der Waals surface area contributed by atoms with Gasteiger partial charge in [0.25, 0.3) is 0 Å². The second-order valence-corrected chi connectivity index (χ2v) is 5.44. The molecule has 1 amide bonds. The van der Waals surface area contributed by atoms with Crippen LogP contribution in [-0.2, 0) is 4.79 Å². The molecule has 0 N–H and O–H groups in total. The molecular formula is C14H18N4OS. The third kappa shape index (κ3) is 3.19. The highest BCUT2D eigenvalue weighted by Gasteiger charge is 2.16. The molecule has 0 radical (unpaired) electrons. The van der Waals surface area contributed by atoms with Crippen LogP contribution < -0.4 is 4.90 Å². The molecule has 0 aromatic carbocycles. The van der Waals surface area contributed by atoms with E-state index in [1.54, 1.807) is 40.8 Å². The van der Waals surface area contributed by atoms with Crippen LogP contribution in [0.2, 0.25) is 0 Å². The molecule has 0 unspecified atom stereocenters. The maximum Gasteiger partial charge on any atom is 0.227 e. The van der Waals surface area contributed by atoms with Gasteiger partial charge in [0.1, 0.15) is 0 Å². The Morgan fingerprint density at radius 2 is 2.30 bits per heavy atom. The minimum Gasteiger partial charge on any atom is -0.312 e. The summed E-state index contributed by atoms with van der Waals surface area (Å²) in [6.45, 7) is 1.90. The smallest absolute Gasteiger partial charge is 0.227 e. The zero-order chi connectivity index (χ0) is 14.5. The Bertz CT molecular complexity index is 582. The van der Waals surface area contributed by atoms with E-state index < -0.39 is 0 Å². The zero-order valence-corrected chi connectivity index (χ0v) is 12.7. The number of carbonyl (C=O) groups excluding carboxylic acids is 1. The minimum absolute atomic E-state index is 0.105. The van der Waals surface area contributed by atoms with Gasteiger partial charge in [-0.05, 0) is 25.3 Å². The highest BCUT2D eigenvalue weighted by molar-refractivity contribution is 7.98. The SMILES string of the molecule is CSCCC(=O)N(C)c1cn(-c2cccnc2)nc1C. The van der Waals surface area contributed by atoms with Crippen molar-refractivity contribution in [3.63, 3.8) is 0 Å². The quantitative estimate of drug-likeness (QED) is 0.848. The number of hydrogen-bond acceptors (Lipinski definition) is 4. The first-order valence-electron chi connectivity index (χ1n) is 6.35. The Morgan fingerprint density at radius 1 is 1.50 bits per heavy atom. The summed E-state index contributed by atoms with van der Waals surface area (Å²) in [5, 5.41) is 4.44. The fraction of sp³-hybridized carbons (Fsp3) is 0.357. The van der Waals surface area contributed by atoms with Crippen molar-refractivity contribution in [1.82, 2.24) is 14.8 Å². The van der Waals surface area contributed by atoms with E-state index in [0.717, 1.165) is 22.8 Å². The molecule has 0 atom stereocenters. The molecule has 0 saturated heterocycles. The molecule has 0 aliphatic heterocycles. The van der Waals surface area contributed by atoms with E-state index in [9.17, 15) is 4.79 Å². The largest absolute Gasteiger partial charge is 0.312 e. The van der Waals surface area contributed by atoms with Crippen molar-refractivity contribution in [2.24, 2.45) is 0 Å². The zero-order valence-electron chi connectivity index (χ0n) is 11.9. The predicted octanol–water partition coefficient (Wildman–Crippen LogP) is 2.29. The Hall–Kier alpha value is -1.82. The summed E-state index contributed by atoms with van der Waals surface area (Å²) in [6.07, 6.45) is 7.86. The number of anilines is 1. The van der Waals surface area contributed by atoms with Crippen molar-refractivity contribution in [3.05, 3.63) is 36.4 Å². The van der Waals surface area contributed by atoms with E-state index >= 15 is 0 Å². The van der Waals surface area contributed by atoms with Crippen LogP contribution in [0, 0.1) is 6.92 Å². The standard InChI is InChI=1S/C14H18N4OS/c1-11-13(17(2)14(19)6-8-20-3)10-18(16-11)12-5-4-7-15-9-12/h4-5,7,9-10H,6,8H2,1-3H3. The number of carbonyl (C=O) groups is 1. The van der Waals surface area contributed by atoms with Gasteiger partial charge in [-0.3, -0.25) is 9.78 Å². The van der Waals surface area contributed by atoms with Gasteiger partial charge in [0.05, 0.1) is 29.5 Å². The average molecular weight is 290 g/mol. The summed E-state index contributed by atoms with van der Waals surface area (Å²) in [4.78, 5) is 17.8. The van der Waals surface area contributed by atoms with Crippen molar-refractivity contribution in [2.75, 3.05) is 24.0 Å². The van der Waals surface area contributed by atoms with Gasteiger partial charge in [0.15, 0.2) is 0 Å². The summed E-state index contributed by atoms with van der Waals surface area (Å²) in [6, 6.07) is 3.79. The predicted molar refractivity (Wildman–Crippen MR) is 82.5 cm³/mol. The number of rotatable bonds is 5. The van der Waals surface area contributed by atoms with E-state index in [-0.39, 0.29) is 5.91 Å². The van der Waals surface area contributed by atoms with Crippen LogP contribution in [0.25, 0.3) is 5.69 Å². The van der Waals surface area contributed by atoms with Crippen LogP contribution in [0.5, 0.6) is 0 Å². The van der Waals surface area contributed by atoms with Crippen LogP contribution in [-0.4, -0.2) is 39.7 Å². The molecule has 0 aliphatic rings. The fourth-order valence-corrected chi connectivity index (χ4v) is 2.27. The Kier molecular flexibility index (Phi) is 4.79. The van der Waals surface area contributed by atoms with Crippen LogP contribution in [0.1, 0.15) is 12.1 Å². The lowest BCUT2D eigenvalue weighted by Crippen LogP contribution is -2.26. The van der Waals surface area contributed by atoms with Gasteiger partial charge in [-0.15, -0.1) is 0 Å². The molecule has 2 rings (SSSR count). The molecule has 0 fully saturated rings. The fourth-order valence-electron chi connectivity index (χ4n) is 1.89. The van der Waals surface area contributed by atoms with Crippen LogP contribution in [0.4, 0.5) is 5.69 Å². The lowest BCUT2D eigenvalue weighted by Gasteiger charge is -2.15. The Labute approximate surface area is 123 Å². The molecule has 0 saturated carbocycles. The van der Waals surface area contributed by atoms with Crippen LogP contribution >= 0.6 is 11.8 Å². The molecule has 106 valence electrons. The molecule has 20 heavy (non-hydrogen) atoms. The third-order valence-corrected chi connectivity index (χ3v) is 3.65. The Morgan fingerprint density at radius 3 is 2.95 bits per heavy atom. The van der Waals surface area contributed by atoms with Gasteiger partial charge in [-0.1, -0.05) is 0 Å². The molecule has 6 heteroatoms. The van der Waals surface area contributed by atoms with Gasteiger partial charge < -0.3 is 4.90 Å². The number of thioether (sulfide) groups is 1. The lowest BCUT2D eigenvalue weighted by atomic mass is 10.3. The molecule has 2 aromatic heterocycles. The van der Waals surface area contributed by atoms with Crippen molar-refractivity contribution in [1.29, 1.82) is 0 Å². The Balaban J connectivity index is 2.21. The molecular weight excluding hydrogens is 272 g/mol. The lowest BCUT2D eigenvalue weighted by molar-refractivity contribution is -0.117. The molecule has 2 aromatic rings. The van der Waals surface area contributed by atoms with E-state index in [2.05, 4.69) is 10.1 Å². The second kappa shape index (κ2) is 6.56. The molecule has 0 bridgehead atoms. The number of hydrogen-bond donors (Lipinski definition) is 0. The average Bonchev–Trinajstić information content (AvgIpc) is 2.87. The summed E-state index contributed by atoms with van der Waals surface area (Å²) < 4.78 is 1.75. The molecule has 0 spiro atoms. The minimum atomic E-state index is 0.105. The topological polar surface area (TPSA) is 51.0 Å². The number of nitrogens with zero attached hydrogens (tertiary/aromatic N) is 4.